The molecule has 1 aliphatic rings. The molecule has 0 saturated carbocycles. The molecule has 0 spiro atoms. The van der Waals surface area contributed by atoms with Gasteiger partial charge in [-0.3, -0.25) is 10.2 Å². The second kappa shape index (κ2) is 8.55. The van der Waals surface area contributed by atoms with Crippen LogP contribution in [0.5, 0.6) is 0 Å². The molecule has 0 aliphatic carbocycles. The van der Waals surface area contributed by atoms with Gasteiger partial charge in [0.25, 0.3) is 5.56 Å². The van der Waals surface area contributed by atoms with Crippen molar-refractivity contribution in [2.24, 2.45) is 0 Å². The van der Waals surface area contributed by atoms with E-state index in [1.807, 2.05) is 42.5 Å². The lowest BCUT2D eigenvalue weighted by atomic mass is 10.1. The van der Waals surface area contributed by atoms with Crippen LogP contribution >= 0.6 is 11.6 Å². The summed E-state index contributed by atoms with van der Waals surface area (Å²) >= 11 is 6.01. The van der Waals surface area contributed by atoms with Crippen molar-refractivity contribution >= 4 is 28.3 Å². The maximum atomic E-state index is 13.4. The Morgan fingerprint density at radius 3 is 2.56 bits per heavy atom. The largest absolute Gasteiger partial charge is 0.356 e. The number of hydrogen-bond acceptors (Lipinski definition) is 4. The number of pyridine rings is 1. The molecule has 1 saturated heterocycles. The Kier molecular flexibility index (Phi) is 5.45. The molecule has 7 heteroatoms. The van der Waals surface area contributed by atoms with Gasteiger partial charge in [-0.25, -0.2) is 14.5 Å². The van der Waals surface area contributed by atoms with Gasteiger partial charge in [-0.15, -0.1) is 0 Å². The van der Waals surface area contributed by atoms with E-state index in [9.17, 15) is 4.79 Å². The van der Waals surface area contributed by atoms with Gasteiger partial charge in [0.2, 0.25) is 0 Å². The summed E-state index contributed by atoms with van der Waals surface area (Å²) in [4.78, 5) is 24.7. The molecule has 32 heavy (non-hydrogen) atoms. The number of para-hydroxylation sites is 1. The second-order valence-corrected chi connectivity index (χ2v) is 8.39. The molecule has 1 fully saturated rings. The van der Waals surface area contributed by atoms with Gasteiger partial charge in [-0.1, -0.05) is 48.0 Å². The number of rotatable bonds is 4. The van der Waals surface area contributed by atoms with Gasteiger partial charge in [-0.05, 0) is 42.7 Å². The number of halogens is 1. The molecule has 0 bridgehead atoms. The number of fused-ring (bicyclic) bond motifs is 1. The monoisotopic (exact) mass is 443 g/mol. The fourth-order valence-corrected chi connectivity index (χ4v) is 4.19. The van der Waals surface area contributed by atoms with E-state index < -0.39 is 0 Å². The number of likely N-dealkylation sites (tertiary alicyclic amines) is 1. The van der Waals surface area contributed by atoms with E-state index in [0.29, 0.717) is 33.4 Å². The van der Waals surface area contributed by atoms with Crippen molar-refractivity contribution in [3.63, 3.8) is 0 Å². The molecule has 2 aromatic carbocycles. The van der Waals surface area contributed by atoms with E-state index in [1.54, 1.807) is 18.2 Å². The fraction of sp³-hybridized carbons (Fsp3) is 0.200. The Hall–Kier alpha value is -3.51. The number of benzene rings is 2. The number of nitrogens with one attached hydrogen (secondary N) is 1. The van der Waals surface area contributed by atoms with Crippen molar-refractivity contribution in [3.05, 3.63) is 87.8 Å². The number of piperidine rings is 1. The van der Waals surface area contributed by atoms with Crippen LogP contribution in [0, 0.1) is 5.41 Å². The molecule has 0 amide bonds. The Bertz CT molecular complexity index is 1350. The van der Waals surface area contributed by atoms with Crippen molar-refractivity contribution in [1.29, 1.82) is 5.41 Å². The van der Waals surface area contributed by atoms with Crippen LogP contribution in [0.3, 0.4) is 0 Å². The fourth-order valence-electron chi connectivity index (χ4n) is 4.08. The van der Waals surface area contributed by atoms with E-state index in [0.717, 1.165) is 43.5 Å². The molecular weight excluding hydrogens is 422 g/mol. The van der Waals surface area contributed by atoms with Crippen LogP contribution in [0.4, 0.5) is 0 Å². The summed E-state index contributed by atoms with van der Waals surface area (Å²) in [5.41, 5.74) is 2.41. The van der Waals surface area contributed by atoms with Crippen LogP contribution < -0.4 is 5.56 Å². The summed E-state index contributed by atoms with van der Waals surface area (Å²) < 4.78 is 1.54. The van der Waals surface area contributed by atoms with Crippen molar-refractivity contribution in [1.82, 2.24) is 19.4 Å². The van der Waals surface area contributed by atoms with E-state index in [4.69, 9.17) is 22.0 Å². The second-order valence-electron chi connectivity index (χ2n) is 7.95. The minimum Gasteiger partial charge on any atom is -0.356 e. The number of aromatic nitrogens is 3. The summed E-state index contributed by atoms with van der Waals surface area (Å²) in [7, 11) is 0. The molecule has 0 radical (unpaired) electrons. The van der Waals surface area contributed by atoms with Crippen LogP contribution in [0.15, 0.2) is 71.7 Å². The summed E-state index contributed by atoms with van der Waals surface area (Å²) in [5.74, 6) is 1.71. The maximum Gasteiger partial charge on any atom is 0.267 e. The van der Waals surface area contributed by atoms with Gasteiger partial charge in [0, 0.05) is 31.3 Å². The zero-order chi connectivity index (χ0) is 22.1. The minimum atomic E-state index is -0.175. The first-order valence-electron chi connectivity index (χ1n) is 10.7. The third-order valence-corrected chi connectivity index (χ3v) is 6.00. The summed E-state index contributed by atoms with van der Waals surface area (Å²) in [6.45, 7) is 1.64. The third kappa shape index (κ3) is 3.89. The lowest BCUT2D eigenvalue weighted by Gasteiger charge is -2.29. The molecule has 1 aliphatic heterocycles. The predicted molar refractivity (Wildman–Crippen MR) is 128 cm³/mol. The number of nitrogens with zero attached hydrogens (tertiary/aromatic N) is 4. The van der Waals surface area contributed by atoms with Crippen LogP contribution in [0.25, 0.3) is 28.1 Å². The van der Waals surface area contributed by atoms with Crippen LogP contribution in [-0.2, 0) is 6.54 Å². The van der Waals surface area contributed by atoms with Gasteiger partial charge in [-0.2, -0.15) is 0 Å². The Morgan fingerprint density at radius 2 is 1.81 bits per heavy atom. The molecular formula is C25H22ClN5O. The van der Waals surface area contributed by atoms with E-state index in [-0.39, 0.29) is 5.56 Å². The molecule has 0 atom stereocenters. The molecule has 6 nitrogen and oxygen atoms in total. The quantitative estimate of drug-likeness (QED) is 0.478. The first kappa shape index (κ1) is 20.4. The van der Waals surface area contributed by atoms with Gasteiger partial charge in [0.1, 0.15) is 11.6 Å². The van der Waals surface area contributed by atoms with E-state index in [1.165, 1.54) is 10.8 Å². The average molecular weight is 444 g/mol. The SMILES string of the molecule is N=C1CCCCN1Cc1ccc(-c2nc3ccccc3c(=O)n2-c2ccc(Cl)cn2)cc1. The smallest absolute Gasteiger partial charge is 0.267 e. The molecule has 1 N–H and O–H groups in total. The highest BCUT2D eigenvalue weighted by Gasteiger charge is 2.17. The Labute approximate surface area is 190 Å². The van der Waals surface area contributed by atoms with Crippen LogP contribution in [0.1, 0.15) is 24.8 Å². The topological polar surface area (TPSA) is 74.9 Å². The molecule has 4 aromatic rings. The lowest BCUT2D eigenvalue weighted by molar-refractivity contribution is 0.361. The van der Waals surface area contributed by atoms with Gasteiger partial charge in [0.15, 0.2) is 0 Å². The predicted octanol–water partition coefficient (Wildman–Crippen LogP) is 5.06. The maximum absolute atomic E-state index is 13.4. The molecule has 0 unspecified atom stereocenters. The van der Waals surface area contributed by atoms with Crippen molar-refractivity contribution in [3.8, 4) is 17.2 Å². The standard InChI is InChI=1S/C25H22ClN5O/c26-19-12-13-23(28-15-19)31-24(29-21-6-2-1-5-20(21)25(31)32)18-10-8-17(9-11-18)16-30-14-4-3-7-22(30)27/h1-2,5-6,8-13,15,27H,3-4,7,14,16H2. The first-order valence-corrected chi connectivity index (χ1v) is 11.0. The molecule has 160 valence electrons. The summed E-state index contributed by atoms with van der Waals surface area (Å²) in [6.07, 6.45) is 4.60. The zero-order valence-corrected chi connectivity index (χ0v) is 18.2. The molecule has 3 heterocycles. The normalized spacial score (nSPS) is 14.2. The Balaban J connectivity index is 1.58. The zero-order valence-electron chi connectivity index (χ0n) is 17.5. The van der Waals surface area contributed by atoms with E-state index in [2.05, 4.69) is 9.88 Å². The van der Waals surface area contributed by atoms with Gasteiger partial charge in [0.05, 0.1) is 21.8 Å². The summed E-state index contributed by atoms with van der Waals surface area (Å²) in [5, 5.41) is 9.21. The van der Waals surface area contributed by atoms with E-state index >= 15 is 0 Å². The first-order chi connectivity index (χ1) is 15.6. The molecule has 2 aromatic heterocycles. The highest BCUT2D eigenvalue weighted by atomic mass is 35.5. The highest BCUT2D eigenvalue weighted by Crippen LogP contribution is 2.23. The van der Waals surface area contributed by atoms with Crippen molar-refractivity contribution < 1.29 is 0 Å². The van der Waals surface area contributed by atoms with Crippen molar-refractivity contribution in [2.75, 3.05) is 6.54 Å². The van der Waals surface area contributed by atoms with Crippen LogP contribution in [-0.4, -0.2) is 31.8 Å². The average Bonchev–Trinajstić information content (AvgIpc) is 2.82. The summed E-state index contributed by atoms with van der Waals surface area (Å²) in [6, 6.07) is 18.8. The van der Waals surface area contributed by atoms with Crippen molar-refractivity contribution in [2.45, 2.75) is 25.8 Å². The molecule has 5 rings (SSSR count). The number of amidine groups is 1. The minimum absolute atomic E-state index is 0.175. The lowest BCUT2D eigenvalue weighted by Crippen LogP contribution is -2.34. The third-order valence-electron chi connectivity index (χ3n) is 5.78. The van der Waals surface area contributed by atoms with Crippen LogP contribution in [0.2, 0.25) is 5.02 Å². The highest BCUT2D eigenvalue weighted by molar-refractivity contribution is 6.30. The Morgan fingerprint density at radius 1 is 1.00 bits per heavy atom. The number of hydrogen-bond donors (Lipinski definition) is 1. The van der Waals surface area contributed by atoms with Gasteiger partial charge >= 0.3 is 0 Å². The van der Waals surface area contributed by atoms with Gasteiger partial charge < -0.3 is 4.90 Å².